The highest BCUT2D eigenvalue weighted by Crippen LogP contribution is 2.13. The van der Waals surface area contributed by atoms with E-state index in [9.17, 15) is 4.79 Å². The van der Waals surface area contributed by atoms with Crippen LogP contribution in [0.2, 0.25) is 0 Å². The summed E-state index contributed by atoms with van der Waals surface area (Å²) < 4.78 is 0. The molecule has 3 N–H and O–H groups in total. The number of aliphatic carboxylic acids is 1. The summed E-state index contributed by atoms with van der Waals surface area (Å²) in [6.45, 7) is 5.40. The molecule has 0 aromatic heterocycles. The molecule has 0 fully saturated rings. The fourth-order valence-corrected chi connectivity index (χ4v) is 0.874. The van der Waals surface area contributed by atoms with Crippen LogP contribution in [0.15, 0.2) is 22.9 Å². The van der Waals surface area contributed by atoms with Gasteiger partial charge in [-0.05, 0) is 20.3 Å². The predicted molar refractivity (Wildman–Crippen MR) is 48.6 cm³/mol. The van der Waals surface area contributed by atoms with Gasteiger partial charge in [0.1, 0.15) is 0 Å². The average Bonchev–Trinajstić information content (AvgIpc) is 2.03. The summed E-state index contributed by atoms with van der Waals surface area (Å²) in [4.78, 5) is 10.7. The van der Waals surface area contributed by atoms with Crippen LogP contribution in [0.5, 0.6) is 0 Å². The summed E-state index contributed by atoms with van der Waals surface area (Å²) in [6.07, 6.45) is 2.30. The largest absolute Gasteiger partial charge is 0.478 e. The van der Waals surface area contributed by atoms with Crippen molar-refractivity contribution in [2.24, 2.45) is 5.73 Å². The zero-order valence-electron chi connectivity index (χ0n) is 7.72. The van der Waals surface area contributed by atoms with Crippen molar-refractivity contribution >= 4 is 5.97 Å². The minimum atomic E-state index is -0.954. The molecule has 0 saturated heterocycles. The molecule has 0 amide bonds. The zero-order chi connectivity index (χ0) is 9.72. The smallest absolute Gasteiger partial charge is 0.337 e. The molecule has 0 aliphatic carbocycles. The molecule has 3 nitrogen and oxygen atoms in total. The molecule has 0 aliphatic heterocycles. The Kier molecular flexibility index (Phi) is 4.11. The molecule has 68 valence electrons. The first-order valence-corrected chi connectivity index (χ1v) is 3.89. The molecule has 3 heteroatoms. The standard InChI is InChI=1S/C9H15NO2/c1-4-6(3)8(9(11)12)7(10)5-2/h5H,4,10H2,1-3H3,(H,11,12)/b7-5+,8-6+. The van der Waals surface area contributed by atoms with Crippen molar-refractivity contribution in [1.82, 2.24) is 0 Å². The van der Waals surface area contributed by atoms with E-state index in [4.69, 9.17) is 10.8 Å². The van der Waals surface area contributed by atoms with Crippen LogP contribution in [0, 0.1) is 0 Å². The van der Waals surface area contributed by atoms with Crippen molar-refractivity contribution in [1.29, 1.82) is 0 Å². The van der Waals surface area contributed by atoms with Crippen LogP contribution in [0.25, 0.3) is 0 Å². The van der Waals surface area contributed by atoms with Gasteiger partial charge in [0.2, 0.25) is 0 Å². The maximum atomic E-state index is 10.7. The Bertz CT molecular complexity index is 239. The predicted octanol–water partition coefficient (Wildman–Crippen LogP) is 1.66. The van der Waals surface area contributed by atoms with E-state index in [0.29, 0.717) is 12.1 Å². The minimum Gasteiger partial charge on any atom is -0.478 e. The van der Waals surface area contributed by atoms with Gasteiger partial charge >= 0.3 is 5.97 Å². The second-order valence-corrected chi connectivity index (χ2v) is 2.56. The lowest BCUT2D eigenvalue weighted by Gasteiger charge is -2.05. The van der Waals surface area contributed by atoms with Crippen molar-refractivity contribution in [3.63, 3.8) is 0 Å². The number of allylic oxidation sites excluding steroid dienone is 2. The molecular formula is C9H15NO2. The third-order valence-electron chi connectivity index (χ3n) is 1.77. The number of carbonyl (C=O) groups is 1. The number of rotatable bonds is 3. The summed E-state index contributed by atoms with van der Waals surface area (Å²) in [7, 11) is 0. The van der Waals surface area contributed by atoms with Crippen molar-refractivity contribution in [3.05, 3.63) is 22.9 Å². The second kappa shape index (κ2) is 4.59. The van der Waals surface area contributed by atoms with Crippen LogP contribution in [-0.4, -0.2) is 11.1 Å². The molecule has 0 atom stereocenters. The summed E-state index contributed by atoms with van der Waals surface area (Å²) in [5.41, 5.74) is 6.89. The first kappa shape index (κ1) is 10.8. The fraction of sp³-hybridized carbons (Fsp3) is 0.444. The van der Waals surface area contributed by atoms with Gasteiger partial charge in [0.25, 0.3) is 0 Å². The van der Waals surface area contributed by atoms with Gasteiger partial charge in [-0.3, -0.25) is 0 Å². The lowest BCUT2D eigenvalue weighted by molar-refractivity contribution is -0.132. The molecule has 0 aromatic rings. The van der Waals surface area contributed by atoms with Crippen LogP contribution in [0.1, 0.15) is 27.2 Å². The molecule has 12 heavy (non-hydrogen) atoms. The van der Waals surface area contributed by atoms with E-state index in [1.165, 1.54) is 0 Å². The van der Waals surface area contributed by atoms with E-state index >= 15 is 0 Å². The Balaban J connectivity index is 5.06. The number of carboxylic acids is 1. The molecule has 0 aromatic carbocycles. The van der Waals surface area contributed by atoms with Crippen molar-refractivity contribution < 1.29 is 9.90 Å². The fourth-order valence-electron chi connectivity index (χ4n) is 0.874. The molecule has 0 aliphatic rings. The molecule has 0 bridgehead atoms. The maximum Gasteiger partial charge on any atom is 0.337 e. The summed E-state index contributed by atoms with van der Waals surface area (Å²) >= 11 is 0. The Morgan fingerprint density at radius 2 is 2.08 bits per heavy atom. The number of carboxylic acid groups (broad SMARTS) is 1. The third kappa shape index (κ3) is 2.42. The molecular weight excluding hydrogens is 154 g/mol. The average molecular weight is 169 g/mol. The van der Waals surface area contributed by atoms with E-state index in [1.54, 1.807) is 19.9 Å². The first-order chi connectivity index (χ1) is 5.54. The quantitative estimate of drug-likeness (QED) is 0.499. The van der Waals surface area contributed by atoms with Gasteiger partial charge in [0.15, 0.2) is 0 Å². The Morgan fingerprint density at radius 3 is 2.33 bits per heavy atom. The topological polar surface area (TPSA) is 63.3 Å². The number of hydrogen-bond donors (Lipinski definition) is 2. The van der Waals surface area contributed by atoms with Crippen molar-refractivity contribution in [2.45, 2.75) is 27.2 Å². The van der Waals surface area contributed by atoms with E-state index in [-0.39, 0.29) is 5.57 Å². The molecule has 0 saturated carbocycles. The maximum absolute atomic E-state index is 10.7. The van der Waals surface area contributed by atoms with Gasteiger partial charge < -0.3 is 10.8 Å². The molecule has 0 heterocycles. The van der Waals surface area contributed by atoms with Gasteiger partial charge in [-0.2, -0.15) is 0 Å². The molecule has 0 spiro atoms. The third-order valence-corrected chi connectivity index (χ3v) is 1.77. The zero-order valence-corrected chi connectivity index (χ0v) is 7.72. The lowest BCUT2D eigenvalue weighted by Crippen LogP contribution is -2.12. The lowest BCUT2D eigenvalue weighted by atomic mass is 10.0. The SMILES string of the molecule is C/C=C(N)\C(C(=O)O)=C(\C)CC. The van der Waals surface area contributed by atoms with E-state index in [0.717, 1.165) is 5.57 Å². The highest BCUT2D eigenvalue weighted by molar-refractivity contribution is 5.92. The Hall–Kier alpha value is -1.25. The molecule has 0 rings (SSSR count). The monoisotopic (exact) mass is 169 g/mol. The molecule has 0 unspecified atom stereocenters. The van der Waals surface area contributed by atoms with Crippen LogP contribution in [-0.2, 0) is 4.79 Å². The van der Waals surface area contributed by atoms with E-state index in [1.807, 2.05) is 6.92 Å². The number of nitrogens with two attached hydrogens (primary N) is 1. The van der Waals surface area contributed by atoms with Gasteiger partial charge in [0.05, 0.1) is 5.57 Å². The molecule has 0 radical (unpaired) electrons. The van der Waals surface area contributed by atoms with E-state index < -0.39 is 5.97 Å². The normalized spacial score (nSPS) is 14.1. The Labute approximate surface area is 72.6 Å². The Morgan fingerprint density at radius 1 is 1.58 bits per heavy atom. The summed E-state index contributed by atoms with van der Waals surface area (Å²) in [6, 6.07) is 0. The highest BCUT2D eigenvalue weighted by atomic mass is 16.4. The number of hydrogen-bond acceptors (Lipinski definition) is 2. The minimum absolute atomic E-state index is 0.236. The van der Waals surface area contributed by atoms with Crippen LogP contribution < -0.4 is 5.73 Å². The second-order valence-electron chi connectivity index (χ2n) is 2.56. The van der Waals surface area contributed by atoms with Gasteiger partial charge in [-0.1, -0.05) is 18.6 Å². The van der Waals surface area contributed by atoms with Crippen LogP contribution >= 0.6 is 0 Å². The van der Waals surface area contributed by atoms with Crippen LogP contribution in [0.3, 0.4) is 0 Å². The summed E-state index contributed by atoms with van der Waals surface area (Å²) in [5, 5.41) is 8.80. The highest BCUT2D eigenvalue weighted by Gasteiger charge is 2.12. The first-order valence-electron chi connectivity index (χ1n) is 3.89. The van der Waals surface area contributed by atoms with Gasteiger partial charge in [-0.25, -0.2) is 4.79 Å². The summed E-state index contributed by atoms with van der Waals surface area (Å²) in [5.74, 6) is -0.954. The van der Waals surface area contributed by atoms with Gasteiger partial charge in [-0.15, -0.1) is 0 Å². The van der Waals surface area contributed by atoms with Crippen LogP contribution in [0.4, 0.5) is 0 Å². The van der Waals surface area contributed by atoms with Gasteiger partial charge in [0, 0.05) is 5.70 Å². The van der Waals surface area contributed by atoms with Crippen molar-refractivity contribution in [2.75, 3.05) is 0 Å². The van der Waals surface area contributed by atoms with Crippen molar-refractivity contribution in [3.8, 4) is 0 Å². The van der Waals surface area contributed by atoms with E-state index in [2.05, 4.69) is 0 Å².